The molecular formula is C18H20ClN3O4S2. The van der Waals surface area contributed by atoms with Crippen LogP contribution in [0.1, 0.15) is 11.1 Å². The molecule has 0 aliphatic heterocycles. The van der Waals surface area contributed by atoms with Crippen LogP contribution < -0.4 is 4.74 Å². The number of H-pyrrole nitrogens is 1. The number of nitrogens with one attached hydrogen (secondary N) is 2. The first-order chi connectivity index (χ1) is 13.2. The molecule has 28 heavy (non-hydrogen) atoms. The van der Waals surface area contributed by atoms with Gasteiger partial charge in [-0.1, -0.05) is 41.1 Å². The number of aliphatic hydroxyl groups excluding tert-OH is 1. The van der Waals surface area contributed by atoms with Gasteiger partial charge in [-0.05, 0) is 43.7 Å². The third-order valence-electron chi connectivity index (χ3n) is 3.62. The van der Waals surface area contributed by atoms with Crippen molar-refractivity contribution in [1.82, 2.24) is 9.97 Å². The maximum atomic E-state index is 10.1. The van der Waals surface area contributed by atoms with Crippen molar-refractivity contribution >= 4 is 44.9 Å². The summed E-state index contributed by atoms with van der Waals surface area (Å²) < 4.78 is 28.4. The summed E-state index contributed by atoms with van der Waals surface area (Å²) in [5.74, 6) is 1.26. The van der Waals surface area contributed by atoms with E-state index < -0.39 is 16.6 Å². The van der Waals surface area contributed by atoms with E-state index in [0.29, 0.717) is 10.8 Å². The summed E-state index contributed by atoms with van der Waals surface area (Å²) in [5, 5.41) is 11.6. The molecule has 0 radical (unpaired) electrons. The molecule has 0 saturated carbocycles. The van der Waals surface area contributed by atoms with Crippen molar-refractivity contribution < 1.29 is 18.3 Å². The van der Waals surface area contributed by atoms with Crippen molar-refractivity contribution in [3.8, 4) is 5.75 Å². The highest BCUT2D eigenvalue weighted by molar-refractivity contribution is 7.99. The molecule has 0 amide bonds. The number of aromatic nitrogens is 2. The number of halogens is 1. The molecule has 0 aliphatic carbocycles. The van der Waals surface area contributed by atoms with E-state index >= 15 is 0 Å². The minimum absolute atomic E-state index is 0.251. The first-order valence-electron chi connectivity index (χ1n) is 8.21. The smallest absolute Gasteiger partial charge is 0.308 e. The van der Waals surface area contributed by atoms with Gasteiger partial charge in [-0.2, -0.15) is 13.2 Å². The molecule has 150 valence electrons. The van der Waals surface area contributed by atoms with Gasteiger partial charge in [-0.25, -0.2) is 4.98 Å². The fourth-order valence-corrected chi connectivity index (χ4v) is 3.18. The Balaban J connectivity index is 0.000000640. The minimum atomic E-state index is -2.61. The van der Waals surface area contributed by atoms with Crippen molar-refractivity contribution in [3.63, 3.8) is 0 Å². The van der Waals surface area contributed by atoms with E-state index in [0.717, 1.165) is 27.5 Å². The summed E-state index contributed by atoms with van der Waals surface area (Å²) in [6.07, 6.45) is -0.574. The lowest BCUT2D eigenvalue weighted by Gasteiger charge is -2.11. The molecule has 1 atom stereocenters. The van der Waals surface area contributed by atoms with Gasteiger partial charge in [0.05, 0.1) is 17.1 Å². The predicted molar refractivity (Wildman–Crippen MR) is 111 cm³/mol. The van der Waals surface area contributed by atoms with Crippen molar-refractivity contribution in [2.24, 2.45) is 0 Å². The number of benzene rings is 2. The van der Waals surface area contributed by atoms with E-state index in [1.165, 1.54) is 17.3 Å². The normalized spacial score (nSPS) is 11.6. The molecule has 3 aromatic rings. The van der Waals surface area contributed by atoms with Gasteiger partial charge in [0.1, 0.15) is 12.4 Å². The Labute approximate surface area is 173 Å². The average Bonchev–Trinajstić information content (AvgIpc) is 3.01. The third-order valence-corrected chi connectivity index (χ3v) is 5.04. The molecule has 2 aromatic carbocycles. The van der Waals surface area contributed by atoms with Crippen LogP contribution >= 0.6 is 23.4 Å². The number of ether oxygens (including phenoxy) is 1. The van der Waals surface area contributed by atoms with Gasteiger partial charge < -0.3 is 14.8 Å². The van der Waals surface area contributed by atoms with Crippen molar-refractivity contribution in [2.75, 3.05) is 12.4 Å². The Morgan fingerprint density at radius 2 is 1.93 bits per heavy atom. The van der Waals surface area contributed by atoms with Crippen LogP contribution in [0.3, 0.4) is 0 Å². The molecule has 1 heterocycles. The second-order valence-electron chi connectivity index (χ2n) is 5.98. The van der Waals surface area contributed by atoms with E-state index in [1.54, 1.807) is 0 Å². The van der Waals surface area contributed by atoms with E-state index in [4.69, 9.17) is 29.5 Å². The molecule has 7 nitrogen and oxygen atoms in total. The predicted octanol–water partition coefficient (Wildman–Crippen LogP) is 3.99. The molecule has 10 heteroatoms. The first kappa shape index (κ1) is 22.2. The minimum Gasteiger partial charge on any atom is -0.491 e. The van der Waals surface area contributed by atoms with Crippen LogP contribution in [0.4, 0.5) is 0 Å². The lowest BCUT2D eigenvalue weighted by Crippen LogP contribution is -2.20. The lowest BCUT2D eigenvalue weighted by atomic mass is 10.2. The Hall–Kier alpha value is -2.07. The molecule has 1 unspecified atom stereocenters. The van der Waals surface area contributed by atoms with Gasteiger partial charge in [0.15, 0.2) is 5.16 Å². The van der Waals surface area contributed by atoms with Crippen LogP contribution in [-0.2, 0) is 10.5 Å². The topological polar surface area (TPSA) is 116 Å². The second kappa shape index (κ2) is 10.5. The van der Waals surface area contributed by atoms with Crippen LogP contribution in [0, 0.1) is 18.6 Å². The fourth-order valence-electron chi connectivity index (χ4n) is 2.23. The molecule has 0 fully saturated rings. The number of thioether (sulfide) groups is 1. The van der Waals surface area contributed by atoms with Crippen LogP contribution in [0.25, 0.3) is 11.0 Å². The number of rotatable bonds is 6. The number of fused-ring (bicyclic) bond motifs is 1. The van der Waals surface area contributed by atoms with Crippen LogP contribution in [-0.4, -0.2) is 42.0 Å². The first-order valence-corrected chi connectivity index (χ1v) is 10.6. The number of nitrogens with zero attached hydrogens (tertiary/aromatic N) is 1. The number of aromatic amines is 1. The van der Waals surface area contributed by atoms with Crippen molar-refractivity contribution in [3.05, 3.63) is 52.5 Å². The second-order valence-corrected chi connectivity index (χ2v) is 7.87. The Bertz CT molecular complexity index is 992. The summed E-state index contributed by atoms with van der Waals surface area (Å²) in [6, 6.07) is 11.6. The number of aryl methyl sites for hydroxylation is 2. The Morgan fingerprint density at radius 1 is 1.29 bits per heavy atom. The zero-order valence-corrected chi connectivity index (χ0v) is 17.7. The molecule has 1 aromatic heterocycles. The average molecular weight is 442 g/mol. The SMILES string of the molecule is Cc1ccc(OCC(O)CSc2nc3cc(Cl)c(C)cc3[nH]2)cc1.N=S(=O)=O. The zero-order valence-electron chi connectivity index (χ0n) is 15.3. The van der Waals surface area contributed by atoms with E-state index in [9.17, 15) is 5.11 Å². The number of imidazole rings is 1. The molecule has 0 aliphatic rings. The number of aliphatic hydroxyl groups is 1. The van der Waals surface area contributed by atoms with Crippen molar-refractivity contribution in [1.29, 1.82) is 4.78 Å². The maximum Gasteiger partial charge on any atom is 0.308 e. The summed E-state index contributed by atoms with van der Waals surface area (Å²) in [7, 11) is -2.61. The number of hydrogen-bond donors (Lipinski definition) is 3. The zero-order chi connectivity index (χ0) is 20.7. The highest BCUT2D eigenvalue weighted by Crippen LogP contribution is 2.25. The Morgan fingerprint density at radius 3 is 2.57 bits per heavy atom. The summed E-state index contributed by atoms with van der Waals surface area (Å²) >= 11 is 7.58. The van der Waals surface area contributed by atoms with Crippen LogP contribution in [0.15, 0.2) is 41.6 Å². The van der Waals surface area contributed by atoms with Crippen molar-refractivity contribution in [2.45, 2.75) is 25.1 Å². The van der Waals surface area contributed by atoms with E-state index in [2.05, 4.69) is 9.97 Å². The third kappa shape index (κ3) is 7.16. The quantitative estimate of drug-likeness (QED) is 0.498. The molecule has 3 rings (SSSR count). The van der Waals surface area contributed by atoms with Gasteiger partial charge in [0, 0.05) is 10.8 Å². The van der Waals surface area contributed by atoms with Gasteiger partial charge >= 0.3 is 10.5 Å². The lowest BCUT2D eigenvalue weighted by molar-refractivity contribution is 0.126. The standard InChI is InChI=1S/C18H19ClN2O2S.HNO2S/c1-11-3-5-14(6-4-11)23-9-13(22)10-24-18-20-16-7-12(2)15(19)8-17(16)21-18;1-4(2)3/h3-8,13,22H,9-10H2,1-2H3,(H,20,21);1H. The summed E-state index contributed by atoms with van der Waals surface area (Å²) in [6.45, 7) is 4.24. The van der Waals surface area contributed by atoms with Gasteiger partial charge in [0.2, 0.25) is 0 Å². The largest absolute Gasteiger partial charge is 0.491 e. The molecule has 0 bridgehead atoms. The molecular weight excluding hydrogens is 422 g/mol. The fraction of sp³-hybridized carbons (Fsp3) is 0.278. The molecule has 0 spiro atoms. The van der Waals surface area contributed by atoms with E-state index in [-0.39, 0.29) is 6.61 Å². The van der Waals surface area contributed by atoms with Gasteiger partial charge in [-0.3, -0.25) is 0 Å². The summed E-state index contributed by atoms with van der Waals surface area (Å²) in [5.41, 5.74) is 3.97. The highest BCUT2D eigenvalue weighted by atomic mass is 35.5. The summed E-state index contributed by atoms with van der Waals surface area (Å²) in [4.78, 5) is 7.73. The molecule has 3 N–H and O–H groups in total. The number of hydrogen-bond acceptors (Lipinski definition) is 7. The highest BCUT2D eigenvalue weighted by Gasteiger charge is 2.10. The monoisotopic (exact) mass is 441 g/mol. The van der Waals surface area contributed by atoms with Gasteiger partial charge in [-0.15, -0.1) is 0 Å². The maximum absolute atomic E-state index is 10.1. The molecule has 0 saturated heterocycles. The van der Waals surface area contributed by atoms with Crippen LogP contribution in [0.5, 0.6) is 5.75 Å². The van der Waals surface area contributed by atoms with E-state index in [1.807, 2.05) is 50.2 Å². The van der Waals surface area contributed by atoms with Crippen LogP contribution in [0.2, 0.25) is 5.02 Å². The van der Waals surface area contributed by atoms with Gasteiger partial charge in [0.25, 0.3) is 0 Å². The Kier molecular flexibility index (Phi) is 8.31.